The summed E-state index contributed by atoms with van der Waals surface area (Å²) in [7, 11) is 6.21. The van der Waals surface area contributed by atoms with Gasteiger partial charge in [0.1, 0.15) is 5.75 Å². The zero-order chi connectivity index (χ0) is 15.3. The zero-order valence-corrected chi connectivity index (χ0v) is 14.5. The van der Waals surface area contributed by atoms with E-state index in [2.05, 4.69) is 42.6 Å². The highest BCUT2D eigenvalue weighted by Gasteiger charge is 2.47. The van der Waals surface area contributed by atoms with E-state index in [-0.39, 0.29) is 0 Å². The highest BCUT2D eigenvalue weighted by Crippen LogP contribution is 2.57. The van der Waals surface area contributed by atoms with Crippen LogP contribution in [-0.2, 0) is 0 Å². The van der Waals surface area contributed by atoms with Gasteiger partial charge in [-0.3, -0.25) is 0 Å². The first-order valence-corrected chi connectivity index (χ1v) is 9.25. The average Bonchev–Trinajstić information content (AvgIpc) is 3.19. The van der Waals surface area contributed by atoms with Crippen LogP contribution in [-0.4, -0.2) is 32.6 Å². The Kier molecular flexibility index (Phi) is 3.66. The van der Waals surface area contributed by atoms with Crippen LogP contribution >= 0.6 is 11.3 Å². The Bertz CT molecular complexity index is 677. The summed E-state index contributed by atoms with van der Waals surface area (Å²) in [5, 5.41) is 3.43. The predicted octanol–water partition coefficient (Wildman–Crippen LogP) is 4.60. The molecule has 0 radical (unpaired) electrons. The van der Waals surface area contributed by atoms with Crippen LogP contribution < -0.4 is 4.74 Å². The lowest BCUT2D eigenvalue weighted by Gasteiger charge is -2.33. The molecule has 2 nitrogen and oxygen atoms in total. The molecule has 118 valence electrons. The van der Waals surface area contributed by atoms with Gasteiger partial charge in [-0.25, -0.2) is 0 Å². The van der Waals surface area contributed by atoms with E-state index in [0.29, 0.717) is 0 Å². The molecule has 2 bridgehead atoms. The summed E-state index contributed by atoms with van der Waals surface area (Å²) in [5.74, 6) is 4.45. The molecule has 1 aromatic carbocycles. The van der Waals surface area contributed by atoms with Crippen molar-refractivity contribution >= 4 is 21.4 Å². The highest BCUT2D eigenvalue weighted by molar-refractivity contribution is 7.17. The van der Waals surface area contributed by atoms with Gasteiger partial charge in [0.25, 0.3) is 0 Å². The molecular formula is C19H25NOS. The zero-order valence-electron chi connectivity index (χ0n) is 13.7. The van der Waals surface area contributed by atoms with Gasteiger partial charge in [0.05, 0.1) is 7.11 Å². The third-order valence-corrected chi connectivity index (χ3v) is 6.77. The number of ether oxygens (including phenoxy) is 1. The Balaban J connectivity index is 1.73. The van der Waals surface area contributed by atoms with Crippen molar-refractivity contribution in [1.82, 2.24) is 4.90 Å². The molecule has 0 saturated heterocycles. The van der Waals surface area contributed by atoms with Crippen molar-refractivity contribution in [3.63, 3.8) is 0 Å². The fourth-order valence-corrected chi connectivity index (χ4v) is 5.89. The summed E-state index contributed by atoms with van der Waals surface area (Å²) in [6.45, 7) is 1.23. The first-order valence-electron chi connectivity index (χ1n) is 8.37. The van der Waals surface area contributed by atoms with Crippen LogP contribution in [0.15, 0.2) is 23.6 Å². The lowest BCUT2D eigenvalue weighted by Crippen LogP contribution is -2.30. The van der Waals surface area contributed by atoms with Gasteiger partial charge in [0.15, 0.2) is 0 Å². The smallest absolute Gasteiger partial charge is 0.137 e. The molecule has 2 fully saturated rings. The predicted molar refractivity (Wildman–Crippen MR) is 94.0 cm³/mol. The number of nitrogens with zero attached hydrogens (tertiary/aromatic N) is 1. The second-order valence-corrected chi connectivity index (χ2v) is 8.26. The molecular weight excluding hydrogens is 290 g/mol. The molecule has 1 heterocycles. The van der Waals surface area contributed by atoms with Gasteiger partial charge in [0, 0.05) is 22.0 Å². The molecule has 4 unspecified atom stereocenters. The van der Waals surface area contributed by atoms with Crippen molar-refractivity contribution in [2.75, 3.05) is 27.7 Å². The van der Waals surface area contributed by atoms with Crippen molar-refractivity contribution < 1.29 is 4.74 Å². The molecule has 2 saturated carbocycles. The molecule has 1 aromatic heterocycles. The van der Waals surface area contributed by atoms with Gasteiger partial charge in [-0.1, -0.05) is 6.07 Å². The van der Waals surface area contributed by atoms with Gasteiger partial charge in [-0.2, -0.15) is 0 Å². The normalized spacial score (nSPS) is 30.5. The SMILES string of the molecule is COc1csc2ccc(C3C4CCC(C4)C3CN(C)C)cc12. The van der Waals surface area contributed by atoms with Crippen LogP contribution in [0.4, 0.5) is 0 Å². The second kappa shape index (κ2) is 5.54. The van der Waals surface area contributed by atoms with Crippen LogP contribution in [0.25, 0.3) is 10.1 Å². The molecule has 2 aliphatic rings. The number of thiophene rings is 1. The first-order chi connectivity index (χ1) is 10.7. The Morgan fingerprint density at radius 1 is 1.23 bits per heavy atom. The van der Waals surface area contributed by atoms with Crippen molar-refractivity contribution in [2.45, 2.75) is 25.2 Å². The van der Waals surface area contributed by atoms with E-state index in [4.69, 9.17) is 4.74 Å². The first kappa shape index (κ1) is 14.5. The molecule has 0 spiro atoms. The van der Waals surface area contributed by atoms with Gasteiger partial charge in [-0.15, -0.1) is 11.3 Å². The maximum Gasteiger partial charge on any atom is 0.137 e. The monoisotopic (exact) mass is 315 g/mol. The van der Waals surface area contributed by atoms with Gasteiger partial charge in [0.2, 0.25) is 0 Å². The number of methoxy groups -OCH3 is 1. The van der Waals surface area contributed by atoms with Crippen LogP contribution in [0.2, 0.25) is 0 Å². The lowest BCUT2D eigenvalue weighted by atomic mass is 9.75. The van der Waals surface area contributed by atoms with Crippen LogP contribution in [0.3, 0.4) is 0 Å². The van der Waals surface area contributed by atoms with Crippen LogP contribution in [0.1, 0.15) is 30.7 Å². The summed E-state index contributed by atoms with van der Waals surface area (Å²) in [6, 6.07) is 7.10. The highest BCUT2D eigenvalue weighted by atomic mass is 32.1. The molecule has 3 heteroatoms. The molecule has 0 N–H and O–H groups in total. The van der Waals surface area contributed by atoms with Crippen molar-refractivity contribution in [3.8, 4) is 5.75 Å². The summed E-state index contributed by atoms with van der Waals surface area (Å²) >= 11 is 1.78. The second-order valence-electron chi connectivity index (χ2n) is 7.34. The number of hydrogen-bond acceptors (Lipinski definition) is 3. The van der Waals surface area contributed by atoms with E-state index in [0.717, 1.165) is 29.4 Å². The molecule has 0 amide bonds. The quantitative estimate of drug-likeness (QED) is 0.817. The van der Waals surface area contributed by atoms with E-state index in [1.165, 1.54) is 35.9 Å². The fraction of sp³-hybridized carbons (Fsp3) is 0.579. The maximum absolute atomic E-state index is 5.54. The van der Waals surface area contributed by atoms with E-state index >= 15 is 0 Å². The topological polar surface area (TPSA) is 12.5 Å². The van der Waals surface area contributed by atoms with Gasteiger partial charge >= 0.3 is 0 Å². The Morgan fingerprint density at radius 3 is 2.82 bits per heavy atom. The molecule has 2 aromatic rings. The van der Waals surface area contributed by atoms with Gasteiger partial charge < -0.3 is 9.64 Å². The Labute approximate surface area is 137 Å². The number of rotatable bonds is 4. The minimum absolute atomic E-state index is 0.746. The Morgan fingerprint density at radius 2 is 2.05 bits per heavy atom. The Hall–Kier alpha value is -1.06. The van der Waals surface area contributed by atoms with Crippen molar-refractivity contribution in [1.29, 1.82) is 0 Å². The van der Waals surface area contributed by atoms with Crippen molar-refractivity contribution in [3.05, 3.63) is 29.1 Å². The maximum atomic E-state index is 5.54. The van der Waals surface area contributed by atoms with E-state index in [9.17, 15) is 0 Å². The third-order valence-electron chi connectivity index (χ3n) is 5.83. The lowest BCUT2D eigenvalue weighted by molar-refractivity contribution is 0.219. The molecule has 22 heavy (non-hydrogen) atoms. The third kappa shape index (κ3) is 2.26. The average molecular weight is 315 g/mol. The fourth-order valence-electron chi connectivity index (χ4n) is 5.00. The molecule has 4 atom stereocenters. The largest absolute Gasteiger partial charge is 0.495 e. The summed E-state index contributed by atoms with van der Waals surface area (Å²) in [6.07, 6.45) is 4.32. The minimum atomic E-state index is 0.746. The van der Waals surface area contributed by atoms with Crippen LogP contribution in [0, 0.1) is 17.8 Å². The summed E-state index contributed by atoms with van der Waals surface area (Å²) in [4.78, 5) is 2.38. The molecule has 0 aliphatic heterocycles. The summed E-state index contributed by atoms with van der Waals surface area (Å²) < 4.78 is 6.88. The standard InChI is InChI=1S/C19H25NOS/c1-20(2)10-16-12-4-5-13(8-12)19(16)14-6-7-18-15(9-14)17(21-3)11-22-18/h6-7,9,11-13,16,19H,4-5,8,10H2,1-3H3. The van der Waals surface area contributed by atoms with Crippen LogP contribution in [0.5, 0.6) is 5.75 Å². The number of benzene rings is 1. The van der Waals surface area contributed by atoms with E-state index < -0.39 is 0 Å². The van der Waals surface area contributed by atoms with E-state index in [1.807, 2.05) is 0 Å². The molecule has 4 rings (SSSR count). The minimum Gasteiger partial charge on any atom is -0.495 e. The summed E-state index contributed by atoms with van der Waals surface area (Å²) in [5.41, 5.74) is 1.54. The van der Waals surface area contributed by atoms with Crippen molar-refractivity contribution in [2.24, 2.45) is 17.8 Å². The number of fused-ring (bicyclic) bond motifs is 3. The molecule has 2 aliphatic carbocycles. The number of hydrogen-bond donors (Lipinski definition) is 0. The van der Waals surface area contributed by atoms with E-state index in [1.54, 1.807) is 24.0 Å². The van der Waals surface area contributed by atoms with Gasteiger partial charge in [-0.05, 0) is 74.7 Å².